The van der Waals surface area contributed by atoms with Crippen LogP contribution in [0.5, 0.6) is 0 Å². The second-order valence-corrected chi connectivity index (χ2v) is 6.50. The van der Waals surface area contributed by atoms with Crippen LogP contribution in [0.4, 0.5) is 0 Å². The van der Waals surface area contributed by atoms with Gasteiger partial charge in [0.25, 0.3) is 0 Å². The fourth-order valence-electron chi connectivity index (χ4n) is 1.94. The fourth-order valence-corrected chi connectivity index (χ4v) is 2.80. The van der Waals surface area contributed by atoms with E-state index in [9.17, 15) is 9.59 Å². The second kappa shape index (κ2) is 9.78. The van der Waals surface area contributed by atoms with Gasteiger partial charge in [-0.1, -0.05) is 48.0 Å². The van der Waals surface area contributed by atoms with Crippen LogP contribution in [0.3, 0.4) is 0 Å². The summed E-state index contributed by atoms with van der Waals surface area (Å²) in [6.45, 7) is 2.17. The van der Waals surface area contributed by atoms with Gasteiger partial charge in [-0.05, 0) is 24.6 Å². The molecule has 1 amide bonds. The Morgan fingerprint density at radius 3 is 2.46 bits per heavy atom. The maximum absolute atomic E-state index is 11.7. The van der Waals surface area contributed by atoms with Gasteiger partial charge in [0.2, 0.25) is 5.91 Å². The summed E-state index contributed by atoms with van der Waals surface area (Å²) in [5.41, 5.74) is 2.14. The Labute approximate surface area is 146 Å². The van der Waals surface area contributed by atoms with Crippen LogP contribution < -0.4 is 5.32 Å². The topological polar surface area (TPSA) is 55.4 Å². The van der Waals surface area contributed by atoms with E-state index in [0.29, 0.717) is 12.2 Å². The highest BCUT2D eigenvalue weighted by Crippen LogP contribution is 2.18. The molecule has 0 aromatic heterocycles. The molecule has 2 aromatic carbocycles. The van der Waals surface area contributed by atoms with Gasteiger partial charge in [-0.2, -0.15) is 0 Å². The number of amides is 1. The third-order valence-electron chi connectivity index (χ3n) is 3.29. The number of aryl methyl sites for hydroxylation is 1. The third kappa shape index (κ3) is 6.87. The summed E-state index contributed by atoms with van der Waals surface area (Å²) in [6, 6.07) is 17.6. The van der Waals surface area contributed by atoms with Crippen molar-refractivity contribution in [1.29, 1.82) is 0 Å². The van der Waals surface area contributed by atoms with Crippen LogP contribution in [0.25, 0.3) is 0 Å². The van der Waals surface area contributed by atoms with Crippen LogP contribution in [0.1, 0.15) is 17.5 Å². The van der Waals surface area contributed by atoms with Gasteiger partial charge in [-0.3, -0.25) is 9.59 Å². The van der Waals surface area contributed by atoms with Crippen molar-refractivity contribution in [3.8, 4) is 0 Å². The number of hydrogen-bond acceptors (Lipinski definition) is 4. The summed E-state index contributed by atoms with van der Waals surface area (Å²) < 4.78 is 5.10. The smallest absolute Gasteiger partial charge is 0.325 e. The van der Waals surface area contributed by atoms with Crippen molar-refractivity contribution in [2.24, 2.45) is 0 Å². The van der Waals surface area contributed by atoms with E-state index in [1.807, 2.05) is 61.5 Å². The van der Waals surface area contributed by atoms with Gasteiger partial charge in [-0.15, -0.1) is 11.8 Å². The van der Waals surface area contributed by atoms with Crippen molar-refractivity contribution in [2.75, 3.05) is 12.3 Å². The number of ether oxygens (including phenoxy) is 1. The van der Waals surface area contributed by atoms with Crippen molar-refractivity contribution < 1.29 is 14.3 Å². The SMILES string of the molecule is Cc1ccc(SCCC(=O)NCC(=O)OCc2ccccc2)cc1. The summed E-state index contributed by atoms with van der Waals surface area (Å²) in [5.74, 6) is 0.0955. The van der Waals surface area contributed by atoms with E-state index in [2.05, 4.69) is 5.32 Å². The minimum atomic E-state index is -0.432. The molecule has 0 unspecified atom stereocenters. The number of esters is 1. The number of rotatable bonds is 8. The first kappa shape index (κ1) is 18.1. The van der Waals surface area contributed by atoms with Crippen LogP contribution in [0.2, 0.25) is 0 Å². The standard InChI is InChI=1S/C19H21NO3S/c1-15-7-9-17(10-8-15)24-12-11-18(21)20-13-19(22)23-14-16-5-3-2-4-6-16/h2-10H,11-14H2,1H3,(H,20,21). The van der Waals surface area contributed by atoms with Crippen molar-refractivity contribution >= 4 is 23.6 Å². The molecular formula is C19H21NO3S. The summed E-state index contributed by atoms with van der Waals surface area (Å²) in [7, 11) is 0. The molecule has 0 fully saturated rings. The second-order valence-electron chi connectivity index (χ2n) is 5.33. The minimum absolute atomic E-state index is 0.0964. The Hall–Kier alpha value is -2.27. The molecule has 0 atom stereocenters. The lowest BCUT2D eigenvalue weighted by molar-refractivity contribution is -0.145. The minimum Gasteiger partial charge on any atom is -0.460 e. The molecule has 0 aliphatic carbocycles. The Morgan fingerprint density at radius 1 is 1.04 bits per heavy atom. The number of thioether (sulfide) groups is 1. The Kier molecular flexibility index (Phi) is 7.36. The van der Waals surface area contributed by atoms with Crippen LogP contribution in [0, 0.1) is 6.92 Å². The van der Waals surface area contributed by atoms with Gasteiger partial charge in [0, 0.05) is 17.1 Å². The van der Waals surface area contributed by atoms with E-state index >= 15 is 0 Å². The number of benzene rings is 2. The Balaban J connectivity index is 1.58. The monoisotopic (exact) mass is 343 g/mol. The van der Waals surface area contributed by atoms with Gasteiger partial charge in [0.15, 0.2) is 0 Å². The first-order chi connectivity index (χ1) is 11.6. The molecule has 0 heterocycles. The molecule has 5 heteroatoms. The molecule has 0 aliphatic rings. The lowest BCUT2D eigenvalue weighted by atomic mass is 10.2. The number of hydrogen-bond donors (Lipinski definition) is 1. The largest absolute Gasteiger partial charge is 0.460 e. The molecule has 4 nitrogen and oxygen atoms in total. The van der Waals surface area contributed by atoms with Crippen LogP contribution in [0.15, 0.2) is 59.5 Å². The maximum Gasteiger partial charge on any atom is 0.325 e. The Bertz CT molecular complexity index is 656. The molecule has 0 aliphatic heterocycles. The lowest BCUT2D eigenvalue weighted by Crippen LogP contribution is -2.30. The highest BCUT2D eigenvalue weighted by Gasteiger charge is 2.07. The van der Waals surface area contributed by atoms with Crippen molar-refractivity contribution in [2.45, 2.75) is 24.8 Å². The van der Waals surface area contributed by atoms with Gasteiger partial charge >= 0.3 is 5.97 Å². The highest BCUT2D eigenvalue weighted by molar-refractivity contribution is 7.99. The molecule has 2 aromatic rings. The van der Waals surface area contributed by atoms with Crippen molar-refractivity contribution in [3.05, 3.63) is 65.7 Å². The average Bonchev–Trinajstić information content (AvgIpc) is 2.61. The van der Waals surface area contributed by atoms with E-state index in [1.54, 1.807) is 11.8 Å². The first-order valence-electron chi connectivity index (χ1n) is 7.79. The van der Waals surface area contributed by atoms with E-state index in [0.717, 1.165) is 10.5 Å². The van der Waals surface area contributed by atoms with Gasteiger partial charge in [0.05, 0.1) is 0 Å². The summed E-state index contributed by atoms with van der Waals surface area (Å²) in [5, 5.41) is 2.59. The van der Waals surface area contributed by atoms with E-state index in [4.69, 9.17) is 4.74 Å². The molecule has 126 valence electrons. The Morgan fingerprint density at radius 2 is 1.75 bits per heavy atom. The molecule has 0 bridgehead atoms. The molecule has 24 heavy (non-hydrogen) atoms. The maximum atomic E-state index is 11.7. The molecule has 0 spiro atoms. The predicted molar refractivity (Wildman–Crippen MR) is 95.8 cm³/mol. The zero-order chi connectivity index (χ0) is 17.2. The van der Waals surface area contributed by atoms with E-state index in [-0.39, 0.29) is 19.1 Å². The molecule has 2 rings (SSSR count). The lowest BCUT2D eigenvalue weighted by Gasteiger charge is -2.07. The first-order valence-corrected chi connectivity index (χ1v) is 8.78. The van der Waals surface area contributed by atoms with Crippen LogP contribution in [-0.4, -0.2) is 24.2 Å². The molecule has 0 saturated heterocycles. The molecule has 0 radical (unpaired) electrons. The number of carbonyl (C=O) groups excluding carboxylic acids is 2. The number of carbonyl (C=O) groups is 2. The van der Waals surface area contributed by atoms with Crippen molar-refractivity contribution in [1.82, 2.24) is 5.32 Å². The van der Waals surface area contributed by atoms with Gasteiger partial charge in [0.1, 0.15) is 13.2 Å². The summed E-state index contributed by atoms with van der Waals surface area (Å²) >= 11 is 1.62. The van der Waals surface area contributed by atoms with E-state index in [1.165, 1.54) is 5.56 Å². The van der Waals surface area contributed by atoms with Gasteiger partial charge < -0.3 is 10.1 Å². The summed E-state index contributed by atoms with van der Waals surface area (Å²) in [4.78, 5) is 24.5. The van der Waals surface area contributed by atoms with Gasteiger partial charge in [-0.25, -0.2) is 0 Å². The predicted octanol–water partition coefficient (Wildman–Crippen LogP) is 3.34. The number of nitrogens with one attached hydrogen (secondary N) is 1. The highest BCUT2D eigenvalue weighted by atomic mass is 32.2. The van der Waals surface area contributed by atoms with Crippen LogP contribution in [-0.2, 0) is 20.9 Å². The zero-order valence-corrected chi connectivity index (χ0v) is 14.5. The summed E-state index contributed by atoms with van der Waals surface area (Å²) in [6.07, 6.45) is 0.366. The molecule has 1 N–H and O–H groups in total. The van der Waals surface area contributed by atoms with Crippen molar-refractivity contribution in [3.63, 3.8) is 0 Å². The van der Waals surface area contributed by atoms with E-state index < -0.39 is 5.97 Å². The average molecular weight is 343 g/mol. The van der Waals surface area contributed by atoms with Crippen LogP contribution >= 0.6 is 11.8 Å². The fraction of sp³-hybridized carbons (Fsp3) is 0.263. The molecule has 0 saturated carbocycles. The normalized spacial score (nSPS) is 10.2. The zero-order valence-electron chi connectivity index (χ0n) is 13.7. The molecular weight excluding hydrogens is 322 g/mol. The quantitative estimate of drug-likeness (QED) is 0.590. The third-order valence-corrected chi connectivity index (χ3v) is 4.31.